The van der Waals surface area contributed by atoms with Gasteiger partial charge in [0.2, 0.25) is 0 Å². The van der Waals surface area contributed by atoms with Gasteiger partial charge in [-0.3, -0.25) is 9.59 Å². The summed E-state index contributed by atoms with van der Waals surface area (Å²) >= 11 is 0. The lowest BCUT2D eigenvalue weighted by atomic mass is 9.97. The lowest BCUT2D eigenvalue weighted by molar-refractivity contribution is -0.138. The largest absolute Gasteiger partial charge is 0.484 e. The number of rotatable bonds is 5. The van der Waals surface area contributed by atoms with E-state index in [1.54, 1.807) is 4.90 Å². The number of carboxylic acids is 1. The Kier molecular flexibility index (Phi) is 5.60. The second kappa shape index (κ2) is 7.67. The van der Waals surface area contributed by atoms with Gasteiger partial charge < -0.3 is 14.7 Å². The van der Waals surface area contributed by atoms with Gasteiger partial charge in [0.15, 0.2) is 6.61 Å². The molecule has 1 N–H and O–H groups in total. The zero-order valence-corrected chi connectivity index (χ0v) is 12.0. The molecule has 1 fully saturated rings. The van der Waals surface area contributed by atoms with Crippen molar-refractivity contribution in [3.8, 4) is 5.75 Å². The second-order valence-corrected chi connectivity index (χ2v) is 5.38. The third-order valence-electron chi connectivity index (χ3n) is 3.77. The standard InChI is InChI=1S/C16H21NO4/c18-15(12-21-14-6-2-1-3-7-14)17-9-4-5-13(8-10-17)11-16(19)20/h1-3,6-7,13H,4-5,8-12H2,(H,19,20). The van der Waals surface area contributed by atoms with E-state index >= 15 is 0 Å². The summed E-state index contributed by atoms with van der Waals surface area (Å²) in [6.45, 7) is 1.34. The number of carbonyl (C=O) groups excluding carboxylic acids is 1. The minimum atomic E-state index is -0.757. The molecule has 0 radical (unpaired) electrons. The Balaban J connectivity index is 1.79. The van der Waals surface area contributed by atoms with E-state index in [1.807, 2.05) is 30.3 Å². The van der Waals surface area contributed by atoms with Crippen LogP contribution in [0.3, 0.4) is 0 Å². The number of para-hydroxylation sites is 1. The highest BCUT2D eigenvalue weighted by molar-refractivity contribution is 5.77. The Bertz CT molecular complexity index is 474. The molecule has 1 unspecified atom stereocenters. The first-order valence-corrected chi connectivity index (χ1v) is 7.32. The molecule has 1 heterocycles. The molecule has 5 nitrogen and oxygen atoms in total. The van der Waals surface area contributed by atoms with E-state index in [1.165, 1.54) is 0 Å². The smallest absolute Gasteiger partial charge is 0.303 e. The van der Waals surface area contributed by atoms with Crippen LogP contribution in [-0.2, 0) is 9.59 Å². The molecule has 1 aromatic carbocycles. The SMILES string of the molecule is O=C(O)CC1CCCN(C(=O)COc2ccccc2)CC1. The van der Waals surface area contributed by atoms with Gasteiger partial charge in [0.25, 0.3) is 5.91 Å². The lowest BCUT2D eigenvalue weighted by Gasteiger charge is -2.20. The molecule has 1 aromatic rings. The molecule has 21 heavy (non-hydrogen) atoms. The summed E-state index contributed by atoms with van der Waals surface area (Å²) in [5.74, 6) is 0.0711. The van der Waals surface area contributed by atoms with Crippen molar-refractivity contribution in [1.82, 2.24) is 4.90 Å². The highest BCUT2D eigenvalue weighted by Crippen LogP contribution is 2.21. The summed E-state index contributed by atoms with van der Waals surface area (Å²) in [6.07, 6.45) is 2.68. The number of benzene rings is 1. The van der Waals surface area contributed by atoms with Crippen molar-refractivity contribution < 1.29 is 19.4 Å². The molecule has 1 aliphatic rings. The number of likely N-dealkylation sites (tertiary alicyclic amines) is 1. The molecule has 0 spiro atoms. The molecule has 1 atom stereocenters. The van der Waals surface area contributed by atoms with E-state index < -0.39 is 5.97 Å². The van der Waals surface area contributed by atoms with E-state index in [-0.39, 0.29) is 24.9 Å². The summed E-state index contributed by atoms with van der Waals surface area (Å²) in [7, 11) is 0. The summed E-state index contributed by atoms with van der Waals surface area (Å²) in [5, 5.41) is 8.84. The fraction of sp³-hybridized carbons (Fsp3) is 0.500. The molecule has 5 heteroatoms. The van der Waals surface area contributed by atoms with Crippen molar-refractivity contribution in [2.45, 2.75) is 25.7 Å². The predicted octanol–water partition coefficient (Wildman–Crippen LogP) is 2.17. The highest BCUT2D eigenvalue weighted by Gasteiger charge is 2.22. The van der Waals surface area contributed by atoms with Crippen LogP contribution in [0.2, 0.25) is 0 Å². The van der Waals surface area contributed by atoms with Crippen LogP contribution < -0.4 is 4.74 Å². The van der Waals surface area contributed by atoms with Gasteiger partial charge in [0.1, 0.15) is 5.75 Å². The predicted molar refractivity (Wildman–Crippen MR) is 78.1 cm³/mol. The van der Waals surface area contributed by atoms with E-state index in [9.17, 15) is 9.59 Å². The Morgan fingerprint density at radius 3 is 2.67 bits per heavy atom. The number of aliphatic carboxylic acids is 1. The van der Waals surface area contributed by atoms with Crippen molar-refractivity contribution in [1.29, 1.82) is 0 Å². The van der Waals surface area contributed by atoms with Gasteiger partial charge in [-0.2, -0.15) is 0 Å². The van der Waals surface area contributed by atoms with E-state index in [4.69, 9.17) is 9.84 Å². The van der Waals surface area contributed by atoms with E-state index in [0.717, 1.165) is 19.3 Å². The third-order valence-corrected chi connectivity index (χ3v) is 3.77. The van der Waals surface area contributed by atoms with Crippen LogP contribution in [0.1, 0.15) is 25.7 Å². The molecule has 0 bridgehead atoms. The van der Waals surface area contributed by atoms with Crippen molar-refractivity contribution in [3.63, 3.8) is 0 Å². The lowest BCUT2D eigenvalue weighted by Crippen LogP contribution is -2.35. The third kappa shape index (κ3) is 5.10. The fourth-order valence-electron chi connectivity index (χ4n) is 2.62. The van der Waals surface area contributed by atoms with Crippen molar-refractivity contribution in [2.75, 3.05) is 19.7 Å². The van der Waals surface area contributed by atoms with Gasteiger partial charge in [0, 0.05) is 19.5 Å². The average Bonchev–Trinajstić information content (AvgIpc) is 2.71. The van der Waals surface area contributed by atoms with E-state index in [0.29, 0.717) is 18.8 Å². The minimum absolute atomic E-state index is 0.0326. The number of carboxylic acid groups (broad SMARTS) is 1. The zero-order valence-electron chi connectivity index (χ0n) is 12.0. The Morgan fingerprint density at radius 1 is 1.19 bits per heavy atom. The Morgan fingerprint density at radius 2 is 1.95 bits per heavy atom. The van der Waals surface area contributed by atoms with Crippen LogP contribution in [-0.4, -0.2) is 41.6 Å². The number of hydrogen-bond acceptors (Lipinski definition) is 3. The molecule has 1 aliphatic heterocycles. The van der Waals surface area contributed by atoms with Crippen LogP contribution >= 0.6 is 0 Å². The van der Waals surface area contributed by atoms with Gasteiger partial charge in [-0.1, -0.05) is 18.2 Å². The summed E-state index contributed by atoms with van der Waals surface area (Å²) in [6, 6.07) is 9.26. The maximum absolute atomic E-state index is 12.1. The van der Waals surface area contributed by atoms with Crippen LogP contribution in [0, 0.1) is 5.92 Å². The molecule has 0 aliphatic carbocycles. The van der Waals surface area contributed by atoms with Gasteiger partial charge in [-0.15, -0.1) is 0 Å². The number of hydrogen-bond donors (Lipinski definition) is 1. The first-order valence-electron chi connectivity index (χ1n) is 7.32. The first-order chi connectivity index (χ1) is 10.1. The molecule has 114 valence electrons. The minimum Gasteiger partial charge on any atom is -0.484 e. The monoisotopic (exact) mass is 291 g/mol. The van der Waals surface area contributed by atoms with Crippen molar-refractivity contribution in [2.24, 2.45) is 5.92 Å². The Labute approximate surface area is 124 Å². The van der Waals surface area contributed by atoms with Gasteiger partial charge in [0.05, 0.1) is 0 Å². The van der Waals surface area contributed by atoms with Gasteiger partial charge in [-0.05, 0) is 37.3 Å². The van der Waals surface area contributed by atoms with Gasteiger partial charge in [-0.25, -0.2) is 0 Å². The second-order valence-electron chi connectivity index (χ2n) is 5.38. The van der Waals surface area contributed by atoms with Crippen LogP contribution in [0.25, 0.3) is 0 Å². The molecule has 1 amide bonds. The van der Waals surface area contributed by atoms with Crippen molar-refractivity contribution >= 4 is 11.9 Å². The number of amides is 1. The molecular formula is C16H21NO4. The summed E-state index contributed by atoms with van der Waals surface area (Å²) < 4.78 is 5.47. The first kappa shape index (κ1) is 15.4. The van der Waals surface area contributed by atoms with E-state index in [2.05, 4.69) is 0 Å². The average molecular weight is 291 g/mol. The summed E-state index contributed by atoms with van der Waals surface area (Å²) in [4.78, 5) is 24.7. The Hall–Kier alpha value is -2.04. The number of carbonyl (C=O) groups is 2. The maximum atomic E-state index is 12.1. The van der Waals surface area contributed by atoms with Crippen LogP contribution in [0.5, 0.6) is 5.75 Å². The maximum Gasteiger partial charge on any atom is 0.303 e. The molecule has 1 saturated heterocycles. The molecule has 2 rings (SSSR count). The van der Waals surface area contributed by atoms with Crippen LogP contribution in [0.4, 0.5) is 0 Å². The number of nitrogens with zero attached hydrogens (tertiary/aromatic N) is 1. The van der Waals surface area contributed by atoms with Crippen molar-refractivity contribution in [3.05, 3.63) is 30.3 Å². The normalized spacial score (nSPS) is 18.9. The molecular weight excluding hydrogens is 270 g/mol. The summed E-state index contributed by atoms with van der Waals surface area (Å²) in [5.41, 5.74) is 0. The highest BCUT2D eigenvalue weighted by atomic mass is 16.5. The van der Waals surface area contributed by atoms with Crippen LogP contribution in [0.15, 0.2) is 30.3 Å². The zero-order chi connectivity index (χ0) is 15.1. The topological polar surface area (TPSA) is 66.8 Å². The fourth-order valence-corrected chi connectivity index (χ4v) is 2.62. The van der Waals surface area contributed by atoms with Gasteiger partial charge >= 0.3 is 5.97 Å². The molecule has 0 saturated carbocycles. The molecule has 0 aromatic heterocycles. The quantitative estimate of drug-likeness (QED) is 0.903. The number of ether oxygens (including phenoxy) is 1.